The fraction of sp³-hybridized carbons (Fsp3) is 0.636. The summed E-state index contributed by atoms with van der Waals surface area (Å²) in [5.74, 6) is 0.741. The Morgan fingerprint density at radius 1 is 1.57 bits per heavy atom. The molecule has 1 rings (SSSR count). The predicted octanol–water partition coefficient (Wildman–Crippen LogP) is 3.69. The Hall–Kier alpha value is 0.140. The van der Waals surface area contributed by atoms with Gasteiger partial charge in [-0.3, -0.25) is 0 Å². The summed E-state index contributed by atoms with van der Waals surface area (Å²) in [7, 11) is 2.04. The average molecular weight is 276 g/mol. The fourth-order valence-electron chi connectivity index (χ4n) is 1.63. The molecule has 0 aliphatic carbocycles. The second-order valence-electron chi connectivity index (χ2n) is 3.68. The van der Waals surface area contributed by atoms with E-state index in [0.29, 0.717) is 6.04 Å². The first-order chi connectivity index (χ1) is 6.67. The van der Waals surface area contributed by atoms with Crippen LogP contribution in [0.25, 0.3) is 0 Å². The Morgan fingerprint density at radius 2 is 2.29 bits per heavy atom. The Labute approximate surface area is 99.0 Å². The van der Waals surface area contributed by atoms with Crippen LogP contribution < -0.4 is 5.32 Å². The van der Waals surface area contributed by atoms with Crippen molar-refractivity contribution in [1.29, 1.82) is 0 Å². The molecule has 0 aliphatic rings. The van der Waals surface area contributed by atoms with Crippen LogP contribution in [0.15, 0.2) is 15.9 Å². The summed E-state index contributed by atoms with van der Waals surface area (Å²) in [5.41, 5.74) is 0. The molecule has 0 fully saturated rings. The minimum Gasteiger partial charge on any atom is -0.317 e. The van der Waals surface area contributed by atoms with Crippen LogP contribution >= 0.6 is 27.3 Å². The highest BCUT2D eigenvalue weighted by Crippen LogP contribution is 2.24. The number of thiophene rings is 1. The van der Waals surface area contributed by atoms with Crippen molar-refractivity contribution >= 4 is 27.3 Å². The quantitative estimate of drug-likeness (QED) is 0.865. The Bertz CT molecular complexity index is 272. The minimum absolute atomic E-state index is 0.598. The van der Waals surface area contributed by atoms with Crippen LogP contribution in [0.3, 0.4) is 0 Å². The largest absolute Gasteiger partial charge is 0.317 e. The summed E-state index contributed by atoms with van der Waals surface area (Å²) in [5, 5.41) is 5.49. The van der Waals surface area contributed by atoms with Gasteiger partial charge in [0.05, 0.1) is 0 Å². The molecule has 0 spiro atoms. The average Bonchev–Trinajstić information content (AvgIpc) is 2.59. The molecule has 80 valence electrons. The number of nitrogens with one attached hydrogen (secondary N) is 1. The van der Waals surface area contributed by atoms with Crippen molar-refractivity contribution in [2.75, 3.05) is 7.05 Å². The lowest BCUT2D eigenvalue weighted by molar-refractivity contribution is 0.383. The third-order valence-electron chi connectivity index (χ3n) is 2.77. The van der Waals surface area contributed by atoms with Crippen molar-refractivity contribution in [3.63, 3.8) is 0 Å². The molecule has 14 heavy (non-hydrogen) atoms. The van der Waals surface area contributed by atoms with E-state index in [-0.39, 0.29) is 0 Å². The van der Waals surface area contributed by atoms with Crippen molar-refractivity contribution < 1.29 is 0 Å². The van der Waals surface area contributed by atoms with Gasteiger partial charge in [-0.05, 0) is 48.3 Å². The second kappa shape index (κ2) is 5.89. The molecule has 2 unspecified atom stereocenters. The van der Waals surface area contributed by atoms with Gasteiger partial charge < -0.3 is 5.32 Å². The predicted molar refractivity (Wildman–Crippen MR) is 68.0 cm³/mol. The molecular formula is C11H18BrNS. The van der Waals surface area contributed by atoms with E-state index < -0.39 is 0 Å². The van der Waals surface area contributed by atoms with Crippen molar-refractivity contribution in [2.24, 2.45) is 5.92 Å². The second-order valence-corrected chi connectivity index (χ2v) is 5.59. The molecule has 0 amide bonds. The zero-order chi connectivity index (χ0) is 10.6. The SMILES string of the molecule is CCC(Cc1cc(Br)cs1)C(C)NC. The van der Waals surface area contributed by atoms with Crippen LogP contribution in [0.5, 0.6) is 0 Å². The van der Waals surface area contributed by atoms with Crippen LogP contribution in [0, 0.1) is 5.92 Å². The highest BCUT2D eigenvalue weighted by molar-refractivity contribution is 9.10. The topological polar surface area (TPSA) is 12.0 Å². The maximum Gasteiger partial charge on any atom is 0.0285 e. The van der Waals surface area contributed by atoms with Crippen molar-refractivity contribution in [3.05, 3.63) is 20.8 Å². The third-order valence-corrected chi connectivity index (χ3v) is 4.49. The number of rotatable bonds is 5. The van der Waals surface area contributed by atoms with Crippen molar-refractivity contribution in [3.8, 4) is 0 Å². The summed E-state index contributed by atoms with van der Waals surface area (Å²) in [6.07, 6.45) is 2.42. The van der Waals surface area contributed by atoms with Crippen LogP contribution in [-0.4, -0.2) is 13.1 Å². The normalized spacial score (nSPS) is 15.4. The van der Waals surface area contributed by atoms with E-state index in [0.717, 1.165) is 5.92 Å². The highest BCUT2D eigenvalue weighted by atomic mass is 79.9. The molecule has 1 aromatic heterocycles. The molecule has 1 heterocycles. The molecule has 0 saturated heterocycles. The standard InChI is InChI=1S/C11H18BrNS/c1-4-9(8(2)13-3)5-11-6-10(12)7-14-11/h6-9,13H,4-5H2,1-3H3. The molecule has 0 bridgehead atoms. The number of hydrogen-bond acceptors (Lipinski definition) is 2. The van der Waals surface area contributed by atoms with Gasteiger partial charge in [0.2, 0.25) is 0 Å². The van der Waals surface area contributed by atoms with Gasteiger partial charge in [0.1, 0.15) is 0 Å². The zero-order valence-corrected chi connectivity index (χ0v) is 11.4. The third kappa shape index (κ3) is 3.37. The Balaban J connectivity index is 2.56. The molecule has 0 aliphatic heterocycles. The van der Waals surface area contributed by atoms with Gasteiger partial charge in [-0.1, -0.05) is 13.3 Å². The Morgan fingerprint density at radius 3 is 2.71 bits per heavy atom. The lowest BCUT2D eigenvalue weighted by Gasteiger charge is -2.21. The van der Waals surface area contributed by atoms with Gasteiger partial charge in [0.25, 0.3) is 0 Å². The van der Waals surface area contributed by atoms with E-state index in [1.807, 2.05) is 18.4 Å². The molecule has 2 atom stereocenters. The summed E-state index contributed by atoms with van der Waals surface area (Å²) in [4.78, 5) is 1.48. The first kappa shape index (κ1) is 12.2. The first-order valence-corrected chi connectivity index (χ1v) is 6.74. The van der Waals surface area contributed by atoms with Crippen LogP contribution in [0.1, 0.15) is 25.1 Å². The molecular weight excluding hydrogens is 258 g/mol. The van der Waals surface area contributed by atoms with Gasteiger partial charge >= 0.3 is 0 Å². The van der Waals surface area contributed by atoms with Crippen LogP contribution in [0.2, 0.25) is 0 Å². The summed E-state index contributed by atoms with van der Waals surface area (Å²) >= 11 is 5.34. The van der Waals surface area contributed by atoms with E-state index in [1.165, 1.54) is 22.2 Å². The smallest absolute Gasteiger partial charge is 0.0285 e. The van der Waals surface area contributed by atoms with E-state index in [4.69, 9.17) is 0 Å². The van der Waals surface area contributed by atoms with Gasteiger partial charge in [-0.15, -0.1) is 11.3 Å². The zero-order valence-electron chi connectivity index (χ0n) is 9.01. The summed E-state index contributed by atoms with van der Waals surface area (Å²) in [6, 6.07) is 2.83. The van der Waals surface area contributed by atoms with E-state index >= 15 is 0 Å². The number of hydrogen-bond donors (Lipinski definition) is 1. The first-order valence-electron chi connectivity index (χ1n) is 5.07. The summed E-state index contributed by atoms with van der Waals surface area (Å²) < 4.78 is 1.21. The van der Waals surface area contributed by atoms with Crippen molar-refractivity contribution in [2.45, 2.75) is 32.7 Å². The molecule has 1 nitrogen and oxygen atoms in total. The molecule has 0 aromatic carbocycles. The maximum absolute atomic E-state index is 3.49. The van der Waals surface area contributed by atoms with Crippen LogP contribution in [-0.2, 0) is 6.42 Å². The molecule has 0 radical (unpaired) electrons. The van der Waals surface area contributed by atoms with Gasteiger partial charge in [0, 0.05) is 20.8 Å². The van der Waals surface area contributed by atoms with Crippen molar-refractivity contribution in [1.82, 2.24) is 5.32 Å². The van der Waals surface area contributed by atoms with Gasteiger partial charge in [-0.2, -0.15) is 0 Å². The number of halogens is 1. The summed E-state index contributed by atoms with van der Waals surface area (Å²) in [6.45, 7) is 4.53. The maximum atomic E-state index is 3.49. The van der Waals surface area contributed by atoms with Gasteiger partial charge in [-0.25, -0.2) is 0 Å². The van der Waals surface area contributed by atoms with E-state index in [1.54, 1.807) is 0 Å². The van der Waals surface area contributed by atoms with E-state index in [2.05, 4.69) is 46.5 Å². The lowest BCUT2D eigenvalue weighted by atomic mass is 9.94. The van der Waals surface area contributed by atoms with E-state index in [9.17, 15) is 0 Å². The lowest BCUT2D eigenvalue weighted by Crippen LogP contribution is -2.31. The Kier molecular flexibility index (Phi) is 5.13. The minimum atomic E-state index is 0.598. The molecule has 1 N–H and O–H groups in total. The highest BCUT2D eigenvalue weighted by Gasteiger charge is 2.14. The molecule has 3 heteroatoms. The fourth-order valence-corrected chi connectivity index (χ4v) is 3.18. The molecule has 1 aromatic rings. The molecule has 0 saturated carbocycles. The van der Waals surface area contributed by atoms with Crippen LogP contribution in [0.4, 0.5) is 0 Å². The monoisotopic (exact) mass is 275 g/mol. The van der Waals surface area contributed by atoms with Gasteiger partial charge in [0.15, 0.2) is 0 Å².